The Hall–Kier alpha value is -1.49. The lowest BCUT2D eigenvalue weighted by Crippen LogP contribution is -2.07. The molecule has 1 aromatic heterocycles. The van der Waals surface area contributed by atoms with Gasteiger partial charge in [-0.15, -0.1) is 11.6 Å². The Bertz CT molecular complexity index is 628. The van der Waals surface area contributed by atoms with Crippen molar-refractivity contribution in [3.8, 4) is 0 Å². The average Bonchev–Trinajstić information content (AvgIpc) is 2.64. The second-order valence-electron chi connectivity index (χ2n) is 5.05. The minimum absolute atomic E-state index is 0.147. The Balaban J connectivity index is 2.25. The molecule has 0 aliphatic rings. The van der Waals surface area contributed by atoms with Crippen LogP contribution in [0.4, 0.5) is 13.2 Å². The van der Waals surface area contributed by atoms with Crippen LogP contribution in [-0.4, -0.2) is 9.78 Å². The van der Waals surface area contributed by atoms with Crippen LogP contribution in [0.2, 0.25) is 0 Å². The maximum atomic E-state index is 12.5. The van der Waals surface area contributed by atoms with Crippen LogP contribution in [0.5, 0.6) is 0 Å². The Kier molecular flexibility index (Phi) is 4.33. The molecule has 0 N–H and O–H groups in total. The maximum absolute atomic E-state index is 12.5. The van der Waals surface area contributed by atoms with Gasteiger partial charge >= 0.3 is 6.18 Å². The molecule has 0 bridgehead atoms. The summed E-state index contributed by atoms with van der Waals surface area (Å²) in [6.07, 6.45) is -4.31. The number of benzene rings is 1. The quantitative estimate of drug-likeness (QED) is 0.739. The van der Waals surface area contributed by atoms with Gasteiger partial charge in [-0.05, 0) is 38.5 Å². The van der Waals surface area contributed by atoms with E-state index in [1.54, 1.807) is 4.68 Å². The molecular formula is C15H16ClF3N2. The third-order valence-corrected chi connectivity index (χ3v) is 3.67. The monoisotopic (exact) mass is 316 g/mol. The fraction of sp³-hybridized carbons (Fsp3) is 0.400. The van der Waals surface area contributed by atoms with Gasteiger partial charge in [0.1, 0.15) is 0 Å². The Morgan fingerprint density at radius 1 is 1.19 bits per heavy atom. The fourth-order valence-electron chi connectivity index (χ4n) is 2.41. The summed E-state index contributed by atoms with van der Waals surface area (Å²) >= 11 is 6.12. The van der Waals surface area contributed by atoms with Crippen molar-refractivity contribution in [3.05, 3.63) is 52.3 Å². The van der Waals surface area contributed by atoms with Crippen molar-refractivity contribution in [1.82, 2.24) is 9.78 Å². The molecule has 0 aliphatic heterocycles. The lowest BCUT2D eigenvalue weighted by atomic mass is 10.1. The summed E-state index contributed by atoms with van der Waals surface area (Å²) in [5.74, 6) is 0. The molecule has 0 saturated heterocycles. The van der Waals surface area contributed by atoms with Crippen molar-refractivity contribution in [2.45, 2.75) is 38.9 Å². The van der Waals surface area contributed by atoms with Gasteiger partial charge in [-0.2, -0.15) is 18.3 Å². The van der Waals surface area contributed by atoms with E-state index in [0.29, 0.717) is 6.54 Å². The number of halogens is 4. The SMILES string of the molecule is Cc1nn(Cc2ccc(C(F)(F)F)cc2)c(C)c1C(C)Cl. The van der Waals surface area contributed by atoms with Crippen LogP contribution < -0.4 is 0 Å². The Labute approximate surface area is 126 Å². The number of aromatic nitrogens is 2. The summed E-state index contributed by atoms with van der Waals surface area (Å²) in [6.45, 7) is 6.10. The first-order chi connectivity index (χ1) is 9.70. The van der Waals surface area contributed by atoms with Crippen molar-refractivity contribution < 1.29 is 13.2 Å². The molecule has 0 amide bonds. The summed E-state index contributed by atoms with van der Waals surface area (Å²) in [6, 6.07) is 5.13. The molecule has 21 heavy (non-hydrogen) atoms. The molecular weight excluding hydrogens is 301 g/mol. The third-order valence-electron chi connectivity index (χ3n) is 3.45. The van der Waals surface area contributed by atoms with E-state index in [9.17, 15) is 13.2 Å². The molecule has 0 radical (unpaired) electrons. The van der Waals surface area contributed by atoms with E-state index < -0.39 is 11.7 Å². The molecule has 2 aromatic rings. The second-order valence-corrected chi connectivity index (χ2v) is 5.71. The first-order valence-electron chi connectivity index (χ1n) is 6.54. The second kappa shape index (κ2) is 5.72. The summed E-state index contributed by atoms with van der Waals surface area (Å²) in [5, 5.41) is 4.26. The Morgan fingerprint density at radius 2 is 1.76 bits per heavy atom. The van der Waals surface area contributed by atoms with Gasteiger partial charge in [-0.1, -0.05) is 12.1 Å². The molecule has 6 heteroatoms. The maximum Gasteiger partial charge on any atom is 0.416 e. The molecule has 0 saturated carbocycles. The molecule has 2 nitrogen and oxygen atoms in total. The van der Waals surface area contributed by atoms with Crippen LogP contribution in [0.1, 0.15) is 40.4 Å². The van der Waals surface area contributed by atoms with Crippen LogP contribution >= 0.6 is 11.6 Å². The lowest BCUT2D eigenvalue weighted by Gasteiger charge is -2.09. The Morgan fingerprint density at radius 3 is 2.19 bits per heavy atom. The van der Waals surface area contributed by atoms with Gasteiger partial charge in [0.25, 0.3) is 0 Å². The van der Waals surface area contributed by atoms with E-state index in [4.69, 9.17) is 11.6 Å². The normalized spacial score (nSPS) is 13.5. The van der Waals surface area contributed by atoms with Gasteiger partial charge in [0, 0.05) is 11.3 Å². The molecule has 1 atom stereocenters. The minimum Gasteiger partial charge on any atom is -0.265 e. The highest BCUT2D eigenvalue weighted by Crippen LogP contribution is 2.30. The van der Waals surface area contributed by atoms with E-state index in [1.165, 1.54) is 12.1 Å². The number of hydrogen-bond acceptors (Lipinski definition) is 1. The van der Waals surface area contributed by atoms with Gasteiger partial charge < -0.3 is 0 Å². The average molecular weight is 317 g/mol. The highest BCUT2D eigenvalue weighted by Gasteiger charge is 2.29. The number of nitrogens with zero attached hydrogens (tertiary/aromatic N) is 2. The lowest BCUT2D eigenvalue weighted by molar-refractivity contribution is -0.137. The molecule has 1 heterocycles. The van der Waals surface area contributed by atoms with Crippen molar-refractivity contribution in [2.75, 3.05) is 0 Å². The largest absolute Gasteiger partial charge is 0.416 e. The molecule has 114 valence electrons. The summed E-state index contributed by atoms with van der Waals surface area (Å²) < 4.78 is 39.3. The van der Waals surface area contributed by atoms with Crippen molar-refractivity contribution in [2.24, 2.45) is 0 Å². The summed E-state index contributed by atoms with van der Waals surface area (Å²) in [4.78, 5) is 0. The molecule has 0 fully saturated rings. The summed E-state index contributed by atoms with van der Waals surface area (Å²) in [7, 11) is 0. The first-order valence-corrected chi connectivity index (χ1v) is 6.98. The van der Waals surface area contributed by atoms with Crippen molar-refractivity contribution in [3.63, 3.8) is 0 Å². The predicted molar refractivity (Wildman–Crippen MR) is 76.5 cm³/mol. The van der Waals surface area contributed by atoms with Crippen LogP contribution in [0.25, 0.3) is 0 Å². The first kappa shape index (κ1) is 15.9. The number of alkyl halides is 4. The van der Waals surface area contributed by atoms with E-state index in [-0.39, 0.29) is 5.38 Å². The van der Waals surface area contributed by atoms with Crippen LogP contribution in [0.15, 0.2) is 24.3 Å². The smallest absolute Gasteiger partial charge is 0.265 e. The van der Waals surface area contributed by atoms with E-state index in [0.717, 1.165) is 34.6 Å². The highest BCUT2D eigenvalue weighted by atomic mass is 35.5. The van der Waals surface area contributed by atoms with Crippen molar-refractivity contribution in [1.29, 1.82) is 0 Å². The zero-order chi connectivity index (χ0) is 15.8. The third kappa shape index (κ3) is 3.40. The number of aryl methyl sites for hydroxylation is 1. The highest BCUT2D eigenvalue weighted by molar-refractivity contribution is 6.20. The predicted octanol–water partition coefficient (Wildman–Crippen LogP) is 4.87. The number of hydrogen-bond donors (Lipinski definition) is 0. The van der Waals surface area contributed by atoms with Gasteiger partial charge in [0.05, 0.1) is 23.2 Å². The summed E-state index contributed by atoms with van der Waals surface area (Å²) in [5.41, 5.74) is 2.89. The molecule has 0 aliphatic carbocycles. The molecule has 2 rings (SSSR count). The standard InChI is InChI=1S/C15H16ClF3N2/c1-9(16)14-10(2)20-21(11(14)3)8-12-4-6-13(7-5-12)15(17,18)19/h4-7,9H,8H2,1-3H3. The van der Waals surface area contributed by atoms with Crippen LogP contribution in [-0.2, 0) is 12.7 Å². The zero-order valence-corrected chi connectivity index (χ0v) is 12.8. The van der Waals surface area contributed by atoms with Gasteiger partial charge in [0.2, 0.25) is 0 Å². The fourth-order valence-corrected chi connectivity index (χ4v) is 2.73. The minimum atomic E-state index is -4.31. The zero-order valence-electron chi connectivity index (χ0n) is 12.0. The van der Waals surface area contributed by atoms with Crippen LogP contribution in [0, 0.1) is 13.8 Å². The van der Waals surface area contributed by atoms with E-state index in [2.05, 4.69) is 5.10 Å². The topological polar surface area (TPSA) is 17.8 Å². The molecule has 1 aromatic carbocycles. The van der Waals surface area contributed by atoms with E-state index in [1.807, 2.05) is 20.8 Å². The van der Waals surface area contributed by atoms with Gasteiger partial charge in [-0.25, -0.2) is 0 Å². The van der Waals surface area contributed by atoms with Gasteiger partial charge in [0.15, 0.2) is 0 Å². The van der Waals surface area contributed by atoms with Crippen molar-refractivity contribution >= 4 is 11.6 Å². The van der Waals surface area contributed by atoms with E-state index >= 15 is 0 Å². The molecule has 1 unspecified atom stereocenters. The number of rotatable bonds is 3. The van der Waals surface area contributed by atoms with Gasteiger partial charge in [-0.3, -0.25) is 4.68 Å². The van der Waals surface area contributed by atoms with Crippen LogP contribution in [0.3, 0.4) is 0 Å². The molecule has 0 spiro atoms.